The normalized spacial score (nSPS) is 11.9. The first-order valence-corrected chi connectivity index (χ1v) is 13.6. The topological polar surface area (TPSA) is 124 Å². The molecule has 2 N–H and O–H groups in total. The second kappa shape index (κ2) is 10.2. The van der Waals surface area contributed by atoms with Crippen LogP contribution in [-0.2, 0) is 10.2 Å². The van der Waals surface area contributed by atoms with Gasteiger partial charge >= 0.3 is 10.2 Å². The highest BCUT2D eigenvalue weighted by Gasteiger charge is 2.27. The lowest BCUT2D eigenvalue weighted by molar-refractivity contribution is 0.103. The van der Waals surface area contributed by atoms with Crippen LogP contribution in [0.3, 0.4) is 0 Å². The van der Waals surface area contributed by atoms with Crippen LogP contribution in [0.15, 0.2) is 55.0 Å². The van der Waals surface area contributed by atoms with Gasteiger partial charge < -0.3 is 9.88 Å². The monoisotopic (exact) mass is 565 g/mol. The van der Waals surface area contributed by atoms with Gasteiger partial charge in [0.05, 0.1) is 16.8 Å². The van der Waals surface area contributed by atoms with E-state index in [1.165, 1.54) is 13.2 Å². The average molecular weight is 566 g/mol. The van der Waals surface area contributed by atoms with Gasteiger partial charge in [-0.2, -0.15) is 12.7 Å². The van der Waals surface area contributed by atoms with Gasteiger partial charge in [0.15, 0.2) is 5.82 Å². The van der Waals surface area contributed by atoms with Gasteiger partial charge in [-0.15, -0.1) is 0 Å². The van der Waals surface area contributed by atoms with Crippen LogP contribution in [0.1, 0.15) is 22.8 Å². The summed E-state index contributed by atoms with van der Waals surface area (Å²) >= 11 is 0. The molecule has 0 aliphatic heterocycles. The van der Waals surface area contributed by atoms with Crippen LogP contribution in [-0.4, -0.2) is 66.1 Å². The molecule has 3 aromatic heterocycles. The van der Waals surface area contributed by atoms with E-state index in [0.717, 1.165) is 32.9 Å². The molecule has 40 heavy (non-hydrogen) atoms. The van der Waals surface area contributed by atoms with E-state index in [4.69, 9.17) is 0 Å². The fraction of sp³-hybridized carbons (Fsp3) is 0.185. The molecule has 13 heteroatoms. The Morgan fingerprint density at radius 1 is 1.02 bits per heavy atom. The lowest BCUT2D eigenvalue weighted by Gasteiger charge is -2.17. The smallest absolute Gasteiger partial charge is 0.301 e. The number of H-pyrrole nitrogens is 1. The van der Waals surface area contributed by atoms with Crippen LogP contribution in [0, 0.1) is 11.6 Å². The highest BCUT2D eigenvalue weighted by molar-refractivity contribution is 7.90. The number of carbonyl (C=O) groups excluding carboxylic acids is 1. The Balaban J connectivity index is 1.54. The summed E-state index contributed by atoms with van der Waals surface area (Å²) in [6.07, 6.45) is 4.65. The van der Waals surface area contributed by atoms with Crippen molar-refractivity contribution in [1.82, 2.24) is 24.2 Å². The van der Waals surface area contributed by atoms with Crippen LogP contribution < -0.4 is 9.62 Å². The molecule has 0 saturated carbocycles. The number of halogens is 2. The van der Waals surface area contributed by atoms with Crippen molar-refractivity contribution in [2.75, 3.05) is 37.3 Å². The van der Waals surface area contributed by atoms with Gasteiger partial charge in [-0.3, -0.25) is 9.52 Å². The molecule has 0 fully saturated rings. The number of anilines is 2. The van der Waals surface area contributed by atoms with E-state index in [2.05, 4.69) is 24.7 Å². The van der Waals surface area contributed by atoms with Gasteiger partial charge in [-0.1, -0.05) is 13.0 Å². The molecule has 206 valence electrons. The number of hydrogen-bond acceptors (Lipinski definition) is 7. The summed E-state index contributed by atoms with van der Waals surface area (Å²) in [7, 11) is 0.897. The number of ketones is 1. The second-order valence-electron chi connectivity index (χ2n) is 9.29. The van der Waals surface area contributed by atoms with Gasteiger partial charge in [-0.25, -0.2) is 23.7 Å². The second-order valence-corrected chi connectivity index (χ2v) is 11.1. The van der Waals surface area contributed by atoms with Crippen LogP contribution in [0.25, 0.3) is 33.1 Å². The van der Waals surface area contributed by atoms with E-state index in [1.54, 1.807) is 30.3 Å². The number of hydrogen-bond donors (Lipinski definition) is 2. The summed E-state index contributed by atoms with van der Waals surface area (Å²) in [6, 6.07) is 9.06. The predicted molar refractivity (Wildman–Crippen MR) is 150 cm³/mol. The van der Waals surface area contributed by atoms with E-state index >= 15 is 4.39 Å². The number of aromatic amines is 1. The van der Waals surface area contributed by atoms with E-state index in [9.17, 15) is 17.6 Å². The molecule has 5 aromatic rings. The number of pyridine rings is 1. The van der Waals surface area contributed by atoms with Crippen molar-refractivity contribution in [3.05, 3.63) is 77.8 Å². The molecule has 0 unspecified atom stereocenters. The highest BCUT2D eigenvalue weighted by atomic mass is 32.2. The Hall–Kier alpha value is -4.49. The van der Waals surface area contributed by atoms with Gasteiger partial charge in [-0.05, 0) is 35.9 Å². The summed E-state index contributed by atoms with van der Waals surface area (Å²) in [5.74, 6) is -2.83. The van der Waals surface area contributed by atoms with Crippen LogP contribution in [0.2, 0.25) is 0 Å². The quantitative estimate of drug-likeness (QED) is 0.268. The fourth-order valence-corrected chi connectivity index (χ4v) is 5.06. The number of carbonyl (C=O) groups is 1. The number of rotatable bonds is 8. The molecule has 2 aromatic carbocycles. The minimum Gasteiger partial charge on any atom is -0.347 e. The minimum absolute atomic E-state index is 0.0208. The van der Waals surface area contributed by atoms with Crippen molar-refractivity contribution >= 4 is 49.6 Å². The van der Waals surface area contributed by atoms with E-state index in [0.29, 0.717) is 22.5 Å². The lowest BCUT2D eigenvalue weighted by atomic mass is 9.99. The maximum atomic E-state index is 15.4. The van der Waals surface area contributed by atoms with Crippen LogP contribution in [0.5, 0.6) is 0 Å². The molecule has 3 heterocycles. The van der Waals surface area contributed by atoms with Crippen molar-refractivity contribution < 1.29 is 22.0 Å². The first-order valence-electron chi connectivity index (χ1n) is 12.2. The van der Waals surface area contributed by atoms with E-state index < -0.39 is 38.9 Å². The maximum absolute atomic E-state index is 15.4. The number of benzene rings is 2. The van der Waals surface area contributed by atoms with E-state index in [1.807, 2.05) is 32.3 Å². The zero-order valence-corrected chi connectivity index (χ0v) is 22.8. The molecular formula is C27H25F2N7O3S. The Morgan fingerprint density at radius 3 is 2.52 bits per heavy atom. The SMILES string of the molecule is CCN(C)S(=O)(=O)Nc1ccc(F)c(C(=O)c2c[nH]c3ncc(-c4ccc5nc(N(C)C)ncc5c4)cc23)c1F. The first-order chi connectivity index (χ1) is 19.0. The zero-order valence-electron chi connectivity index (χ0n) is 22.0. The molecule has 0 aliphatic rings. The summed E-state index contributed by atoms with van der Waals surface area (Å²) < 4.78 is 58.0. The van der Waals surface area contributed by atoms with Crippen molar-refractivity contribution in [3.8, 4) is 11.1 Å². The Kier molecular flexibility index (Phi) is 6.94. The third-order valence-electron chi connectivity index (χ3n) is 6.49. The van der Waals surface area contributed by atoms with Gasteiger partial charge in [0.1, 0.15) is 11.5 Å². The van der Waals surface area contributed by atoms with Gasteiger partial charge in [0, 0.05) is 68.2 Å². The molecule has 0 aliphatic carbocycles. The van der Waals surface area contributed by atoms with Crippen molar-refractivity contribution in [2.45, 2.75) is 6.92 Å². The summed E-state index contributed by atoms with van der Waals surface area (Å²) in [5.41, 5.74) is 1.08. The first kappa shape index (κ1) is 27.1. The molecule has 0 atom stereocenters. The molecule has 0 bridgehead atoms. The molecule has 0 spiro atoms. The fourth-order valence-electron chi connectivity index (χ4n) is 4.13. The van der Waals surface area contributed by atoms with Gasteiger partial charge in [0.2, 0.25) is 11.7 Å². The van der Waals surface area contributed by atoms with Crippen molar-refractivity contribution in [2.24, 2.45) is 0 Å². The van der Waals surface area contributed by atoms with Crippen LogP contribution in [0.4, 0.5) is 20.4 Å². The average Bonchev–Trinajstić information content (AvgIpc) is 3.36. The summed E-state index contributed by atoms with van der Waals surface area (Å²) in [6.45, 7) is 1.72. The lowest BCUT2D eigenvalue weighted by Crippen LogP contribution is -2.32. The van der Waals surface area contributed by atoms with Gasteiger partial charge in [0.25, 0.3) is 0 Å². The summed E-state index contributed by atoms with van der Waals surface area (Å²) in [4.78, 5) is 31.3. The summed E-state index contributed by atoms with van der Waals surface area (Å²) in [5, 5.41) is 1.14. The minimum atomic E-state index is -4.11. The number of nitrogens with zero attached hydrogens (tertiary/aromatic N) is 5. The largest absolute Gasteiger partial charge is 0.347 e. The highest BCUT2D eigenvalue weighted by Crippen LogP contribution is 2.31. The molecule has 10 nitrogen and oxygen atoms in total. The molecule has 0 radical (unpaired) electrons. The maximum Gasteiger partial charge on any atom is 0.301 e. The Morgan fingerprint density at radius 2 is 1.80 bits per heavy atom. The van der Waals surface area contributed by atoms with Crippen molar-refractivity contribution in [3.63, 3.8) is 0 Å². The third-order valence-corrected chi connectivity index (χ3v) is 8.05. The number of fused-ring (bicyclic) bond motifs is 2. The van der Waals surface area contributed by atoms with E-state index in [-0.39, 0.29) is 12.1 Å². The Labute approximate surface area is 228 Å². The zero-order chi connectivity index (χ0) is 28.8. The molecule has 0 amide bonds. The Bertz CT molecular complexity index is 1890. The van der Waals surface area contributed by atoms with Crippen LogP contribution >= 0.6 is 0 Å². The molecule has 5 rings (SSSR count). The number of nitrogens with one attached hydrogen (secondary N) is 2. The standard InChI is InChI=1S/C27H25F2N7O3S/c1-5-36(4)40(38,39)34-22-9-7-20(28)23(24(22)29)25(37)19-14-31-26-18(19)11-16(12-30-26)15-6-8-21-17(10-15)13-32-27(33-21)35(2)3/h6-14,34H,5H2,1-4H3,(H,30,31). The predicted octanol–water partition coefficient (Wildman–Crippen LogP) is 4.36. The molecular weight excluding hydrogens is 540 g/mol. The van der Waals surface area contributed by atoms with Crippen molar-refractivity contribution in [1.29, 1.82) is 0 Å². The number of aromatic nitrogens is 4. The molecule has 0 saturated heterocycles. The third kappa shape index (κ3) is 4.84.